The van der Waals surface area contributed by atoms with Crippen molar-refractivity contribution >= 4 is 11.8 Å². The molecule has 18 heavy (non-hydrogen) atoms. The van der Waals surface area contributed by atoms with E-state index in [9.17, 15) is 9.59 Å². The van der Waals surface area contributed by atoms with Gasteiger partial charge in [-0.1, -0.05) is 30.3 Å². The molecular formula is C14H18N2O2. The smallest absolute Gasteiger partial charge is 0.248 e. The van der Waals surface area contributed by atoms with Crippen LogP contribution >= 0.6 is 0 Å². The Morgan fingerprint density at radius 3 is 2.44 bits per heavy atom. The summed E-state index contributed by atoms with van der Waals surface area (Å²) in [6.07, 6.45) is 0. The van der Waals surface area contributed by atoms with E-state index >= 15 is 0 Å². The number of amides is 2. The van der Waals surface area contributed by atoms with Crippen LogP contribution in [0.5, 0.6) is 0 Å². The van der Waals surface area contributed by atoms with Gasteiger partial charge in [0, 0.05) is 6.54 Å². The van der Waals surface area contributed by atoms with Crippen molar-refractivity contribution in [3.05, 3.63) is 35.9 Å². The molecule has 0 aromatic heterocycles. The third-order valence-corrected chi connectivity index (χ3v) is 3.27. The summed E-state index contributed by atoms with van der Waals surface area (Å²) >= 11 is 0. The van der Waals surface area contributed by atoms with Crippen LogP contribution in [-0.2, 0) is 16.1 Å². The van der Waals surface area contributed by atoms with Crippen molar-refractivity contribution in [3.8, 4) is 0 Å². The van der Waals surface area contributed by atoms with Crippen LogP contribution in [-0.4, -0.2) is 28.3 Å². The lowest BCUT2D eigenvalue weighted by Gasteiger charge is -2.41. The van der Waals surface area contributed by atoms with Crippen LogP contribution in [0.25, 0.3) is 0 Å². The minimum absolute atomic E-state index is 0.0431. The second-order valence-electron chi connectivity index (χ2n) is 5.21. The fourth-order valence-corrected chi connectivity index (χ4v) is 2.13. The van der Waals surface area contributed by atoms with Gasteiger partial charge in [0.1, 0.15) is 11.6 Å². The van der Waals surface area contributed by atoms with E-state index in [-0.39, 0.29) is 11.8 Å². The number of benzene rings is 1. The van der Waals surface area contributed by atoms with E-state index in [4.69, 9.17) is 0 Å². The molecule has 4 heteroatoms. The van der Waals surface area contributed by atoms with E-state index in [2.05, 4.69) is 5.32 Å². The van der Waals surface area contributed by atoms with Crippen molar-refractivity contribution in [3.63, 3.8) is 0 Å². The highest BCUT2D eigenvalue weighted by Crippen LogP contribution is 2.20. The van der Waals surface area contributed by atoms with Crippen LogP contribution in [0, 0.1) is 0 Å². The molecule has 0 bridgehead atoms. The van der Waals surface area contributed by atoms with Crippen LogP contribution in [0.4, 0.5) is 0 Å². The summed E-state index contributed by atoms with van der Waals surface area (Å²) in [7, 11) is 0. The first kappa shape index (κ1) is 12.6. The first-order valence-corrected chi connectivity index (χ1v) is 6.09. The average Bonchev–Trinajstić information content (AvgIpc) is 2.33. The lowest BCUT2D eigenvalue weighted by atomic mass is 9.97. The Kier molecular flexibility index (Phi) is 3.11. The topological polar surface area (TPSA) is 49.4 Å². The fourth-order valence-electron chi connectivity index (χ4n) is 2.13. The maximum atomic E-state index is 12.3. The van der Waals surface area contributed by atoms with Gasteiger partial charge in [-0.05, 0) is 26.3 Å². The molecule has 0 radical (unpaired) electrons. The lowest BCUT2D eigenvalue weighted by molar-refractivity contribution is -0.153. The Morgan fingerprint density at radius 1 is 1.22 bits per heavy atom. The highest BCUT2D eigenvalue weighted by atomic mass is 16.2. The van der Waals surface area contributed by atoms with E-state index < -0.39 is 11.6 Å². The summed E-state index contributed by atoms with van der Waals surface area (Å²) in [5.41, 5.74) is 0.210. The fraction of sp³-hybridized carbons (Fsp3) is 0.429. The summed E-state index contributed by atoms with van der Waals surface area (Å²) in [5, 5.41) is 2.74. The van der Waals surface area contributed by atoms with Gasteiger partial charge in [0.05, 0.1) is 0 Å². The molecule has 1 aromatic rings. The summed E-state index contributed by atoms with van der Waals surface area (Å²) < 4.78 is 0. The van der Waals surface area contributed by atoms with Gasteiger partial charge in [-0.15, -0.1) is 0 Å². The second kappa shape index (κ2) is 4.44. The zero-order chi connectivity index (χ0) is 13.3. The molecule has 0 spiro atoms. The Balaban J connectivity index is 2.24. The molecule has 1 aromatic carbocycles. The van der Waals surface area contributed by atoms with Gasteiger partial charge in [0.25, 0.3) is 0 Å². The van der Waals surface area contributed by atoms with Crippen LogP contribution in [0.1, 0.15) is 26.3 Å². The number of carbonyl (C=O) groups excluding carboxylic acids is 2. The molecule has 2 amide bonds. The van der Waals surface area contributed by atoms with Crippen molar-refractivity contribution in [2.24, 2.45) is 0 Å². The normalized spacial score (nSPS) is 22.8. The van der Waals surface area contributed by atoms with Gasteiger partial charge in [-0.25, -0.2) is 0 Å². The molecule has 1 N–H and O–H groups in total. The Hall–Kier alpha value is -1.84. The maximum Gasteiger partial charge on any atom is 0.248 e. The Bertz CT molecular complexity index is 468. The van der Waals surface area contributed by atoms with Crippen molar-refractivity contribution in [1.82, 2.24) is 10.2 Å². The number of carbonyl (C=O) groups is 2. The summed E-state index contributed by atoms with van der Waals surface area (Å²) in [5.74, 6) is -0.144. The lowest BCUT2D eigenvalue weighted by Crippen LogP contribution is -2.66. The Morgan fingerprint density at radius 2 is 1.83 bits per heavy atom. The van der Waals surface area contributed by atoms with Gasteiger partial charge in [0.2, 0.25) is 11.8 Å². The molecule has 2 rings (SSSR count). The number of hydrogen-bond donors (Lipinski definition) is 1. The van der Waals surface area contributed by atoms with E-state index in [1.54, 1.807) is 25.7 Å². The standard InChI is InChI=1S/C14H18N2O2/c1-10-12(17)15-14(2,3)13(18)16(10)9-11-7-5-4-6-8-11/h4-8,10H,9H2,1-3H3,(H,15,17). The third-order valence-electron chi connectivity index (χ3n) is 3.27. The maximum absolute atomic E-state index is 12.3. The van der Waals surface area contributed by atoms with Crippen molar-refractivity contribution in [1.29, 1.82) is 0 Å². The van der Waals surface area contributed by atoms with Crippen molar-refractivity contribution in [2.75, 3.05) is 0 Å². The summed E-state index contributed by atoms with van der Waals surface area (Å²) in [6, 6.07) is 9.28. The van der Waals surface area contributed by atoms with Gasteiger partial charge >= 0.3 is 0 Å². The predicted molar refractivity (Wildman–Crippen MR) is 68.7 cm³/mol. The second-order valence-corrected chi connectivity index (χ2v) is 5.21. The zero-order valence-corrected chi connectivity index (χ0v) is 10.9. The minimum atomic E-state index is -0.821. The molecule has 1 saturated heterocycles. The highest BCUT2D eigenvalue weighted by molar-refractivity contribution is 5.99. The Labute approximate surface area is 107 Å². The van der Waals surface area contributed by atoms with E-state index in [1.165, 1.54) is 0 Å². The van der Waals surface area contributed by atoms with E-state index in [0.717, 1.165) is 5.56 Å². The average molecular weight is 246 g/mol. The molecule has 1 aliphatic heterocycles. The quantitative estimate of drug-likeness (QED) is 0.855. The highest BCUT2D eigenvalue weighted by Gasteiger charge is 2.43. The molecule has 96 valence electrons. The first-order valence-electron chi connectivity index (χ1n) is 6.09. The molecular weight excluding hydrogens is 228 g/mol. The van der Waals surface area contributed by atoms with Crippen molar-refractivity contribution in [2.45, 2.75) is 38.9 Å². The van der Waals surface area contributed by atoms with Crippen LogP contribution < -0.4 is 5.32 Å². The molecule has 4 nitrogen and oxygen atoms in total. The summed E-state index contributed by atoms with van der Waals surface area (Å²) in [6.45, 7) is 5.69. The van der Waals surface area contributed by atoms with E-state index in [1.807, 2.05) is 30.3 Å². The van der Waals surface area contributed by atoms with E-state index in [0.29, 0.717) is 6.54 Å². The number of nitrogens with zero attached hydrogens (tertiary/aromatic N) is 1. The molecule has 1 unspecified atom stereocenters. The monoisotopic (exact) mass is 246 g/mol. The van der Waals surface area contributed by atoms with Crippen LogP contribution in [0.15, 0.2) is 30.3 Å². The number of piperazine rings is 1. The number of nitrogens with one attached hydrogen (secondary N) is 1. The first-order chi connectivity index (χ1) is 8.42. The third kappa shape index (κ3) is 2.23. The summed E-state index contributed by atoms with van der Waals surface area (Å²) in [4.78, 5) is 25.8. The molecule has 0 saturated carbocycles. The zero-order valence-electron chi connectivity index (χ0n) is 10.9. The number of rotatable bonds is 2. The minimum Gasteiger partial charge on any atom is -0.340 e. The van der Waals surface area contributed by atoms with Crippen LogP contribution in [0.2, 0.25) is 0 Å². The van der Waals surface area contributed by atoms with Gasteiger partial charge in [0.15, 0.2) is 0 Å². The predicted octanol–water partition coefficient (Wildman–Crippen LogP) is 1.31. The van der Waals surface area contributed by atoms with Gasteiger partial charge < -0.3 is 10.2 Å². The van der Waals surface area contributed by atoms with Crippen LogP contribution in [0.3, 0.4) is 0 Å². The number of hydrogen-bond acceptors (Lipinski definition) is 2. The SMILES string of the molecule is CC1C(=O)NC(C)(C)C(=O)N1Cc1ccccc1. The molecule has 1 fully saturated rings. The molecule has 0 aliphatic carbocycles. The largest absolute Gasteiger partial charge is 0.340 e. The molecule has 1 heterocycles. The van der Waals surface area contributed by atoms with Crippen molar-refractivity contribution < 1.29 is 9.59 Å². The molecule has 1 atom stereocenters. The van der Waals surface area contributed by atoms with Gasteiger partial charge in [-0.2, -0.15) is 0 Å². The van der Waals surface area contributed by atoms with Gasteiger partial charge in [-0.3, -0.25) is 9.59 Å². The molecule has 1 aliphatic rings.